The molecule has 0 bridgehead atoms. The number of aromatic nitrogens is 1. The third-order valence-electron chi connectivity index (χ3n) is 10.7. The minimum absolute atomic E-state index is 0.131. The Hall–Kier alpha value is -1.65. The van der Waals surface area contributed by atoms with Crippen molar-refractivity contribution in [2.75, 3.05) is 6.61 Å². The fourth-order valence-corrected chi connectivity index (χ4v) is 9.29. The number of pyridine rings is 1. The topological polar surface area (TPSA) is 42.4 Å². The molecule has 0 aliphatic heterocycles. The summed E-state index contributed by atoms with van der Waals surface area (Å²) in [6.07, 6.45) is 11.7. The van der Waals surface area contributed by atoms with E-state index in [4.69, 9.17) is 9.72 Å². The molecular weight excluding hydrogens is 510 g/mol. The summed E-state index contributed by atoms with van der Waals surface area (Å²) < 4.78 is 7.08. The van der Waals surface area contributed by atoms with Crippen LogP contribution in [0.5, 0.6) is 5.88 Å². The van der Waals surface area contributed by atoms with Crippen molar-refractivity contribution in [2.24, 2.45) is 28.6 Å². The lowest BCUT2D eigenvalue weighted by molar-refractivity contribution is -0.0412. The van der Waals surface area contributed by atoms with Crippen molar-refractivity contribution < 1.29 is 9.84 Å². The van der Waals surface area contributed by atoms with Gasteiger partial charge in [0.05, 0.1) is 12.7 Å². The first kappa shape index (κ1) is 24.7. The Balaban J connectivity index is 1.34. The number of rotatable bonds is 4. The van der Waals surface area contributed by atoms with E-state index in [2.05, 4.69) is 72.3 Å². The molecule has 1 heterocycles. The molecule has 0 radical (unpaired) electrons. The Morgan fingerprint density at radius 2 is 1.89 bits per heavy atom. The number of hydrogen-bond donors (Lipinski definition) is 1. The van der Waals surface area contributed by atoms with Gasteiger partial charge in [-0.1, -0.05) is 53.6 Å². The van der Waals surface area contributed by atoms with Crippen LogP contribution in [0, 0.1) is 28.6 Å². The highest BCUT2D eigenvalue weighted by molar-refractivity contribution is 9.10. The zero-order valence-electron chi connectivity index (χ0n) is 22.0. The van der Waals surface area contributed by atoms with Crippen LogP contribution in [-0.2, 0) is 0 Å². The lowest BCUT2D eigenvalue weighted by Gasteiger charge is -2.58. The van der Waals surface area contributed by atoms with Crippen LogP contribution in [-0.4, -0.2) is 22.8 Å². The van der Waals surface area contributed by atoms with Crippen LogP contribution in [0.2, 0.25) is 0 Å². The maximum absolute atomic E-state index is 10.3. The van der Waals surface area contributed by atoms with Crippen LogP contribution < -0.4 is 4.74 Å². The Kier molecular flexibility index (Phi) is 6.36. The van der Waals surface area contributed by atoms with Crippen molar-refractivity contribution in [2.45, 2.75) is 84.2 Å². The summed E-state index contributed by atoms with van der Waals surface area (Å²) in [5.74, 6) is 3.50. The van der Waals surface area contributed by atoms with Gasteiger partial charge in [-0.15, -0.1) is 0 Å². The molecular formula is C32H40BrNO2. The molecule has 4 heteroatoms. The second-order valence-corrected chi connectivity index (χ2v) is 13.3. The Bertz CT molecular complexity index is 1180. The molecule has 192 valence electrons. The average molecular weight is 551 g/mol. The van der Waals surface area contributed by atoms with Crippen molar-refractivity contribution in [1.82, 2.24) is 4.98 Å². The standard InChI is InChI=1S/C32H40BrNO2/c1-4-36-30-18-21(20-6-5-7-23(33)16-20)17-29(34-30)28-11-10-26-25-9-8-22-19-24(35)12-14-31(22,2)27(25)13-15-32(26,28)3/h5-8,16-18,24-28,35H,4,9-15,19H2,1-3H3/t24-,25-,26-,27-,28+,31-,32-/m0/s1. The normalized spacial score (nSPS) is 37.5. The molecule has 7 atom stereocenters. The lowest BCUT2D eigenvalue weighted by atomic mass is 9.47. The third kappa shape index (κ3) is 3.98. The van der Waals surface area contributed by atoms with Crippen molar-refractivity contribution in [3.8, 4) is 17.0 Å². The number of ether oxygens (including phenoxy) is 1. The molecule has 3 saturated carbocycles. The first-order chi connectivity index (χ1) is 17.3. The molecule has 4 aliphatic carbocycles. The maximum Gasteiger partial charge on any atom is 0.214 e. The van der Waals surface area contributed by atoms with Gasteiger partial charge in [0.2, 0.25) is 5.88 Å². The number of hydrogen-bond acceptors (Lipinski definition) is 3. The number of aliphatic hydroxyl groups excluding tert-OH is 1. The molecule has 1 aromatic heterocycles. The van der Waals surface area contributed by atoms with E-state index in [1.807, 2.05) is 6.92 Å². The van der Waals surface area contributed by atoms with Gasteiger partial charge in [-0.25, -0.2) is 4.98 Å². The highest BCUT2D eigenvalue weighted by atomic mass is 79.9. The van der Waals surface area contributed by atoms with E-state index in [-0.39, 0.29) is 11.5 Å². The lowest BCUT2D eigenvalue weighted by Crippen LogP contribution is -2.50. The summed E-state index contributed by atoms with van der Waals surface area (Å²) in [7, 11) is 0. The Morgan fingerprint density at radius 3 is 2.69 bits per heavy atom. The first-order valence-corrected chi connectivity index (χ1v) is 14.9. The zero-order chi connectivity index (χ0) is 25.1. The van der Waals surface area contributed by atoms with E-state index in [0.717, 1.165) is 47.4 Å². The fraction of sp³-hybridized carbons (Fsp3) is 0.594. The zero-order valence-corrected chi connectivity index (χ0v) is 23.6. The van der Waals surface area contributed by atoms with Gasteiger partial charge in [0.25, 0.3) is 0 Å². The largest absolute Gasteiger partial charge is 0.478 e. The second kappa shape index (κ2) is 9.27. The molecule has 1 aromatic carbocycles. The quantitative estimate of drug-likeness (QED) is 0.389. The Morgan fingerprint density at radius 1 is 1.03 bits per heavy atom. The summed E-state index contributed by atoms with van der Waals surface area (Å²) in [5, 5.41) is 10.3. The molecule has 3 nitrogen and oxygen atoms in total. The fourth-order valence-electron chi connectivity index (χ4n) is 8.89. The number of fused-ring (bicyclic) bond motifs is 5. The van der Waals surface area contributed by atoms with Crippen LogP contribution in [0.3, 0.4) is 0 Å². The third-order valence-corrected chi connectivity index (χ3v) is 11.2. The van der Waals surface area contributed by atoms with Crippen LogP contribution in [0.1, 0.15) is 83.7 Å². The first-order valence-electron chi connectivity index (χ1n) is 14.1. The highest BCUT2D eigenvalue weighted by Gasteiger charge is 2.59. The number of halogens is 1. The number of nitrogens with zero attached hydrogens (tertiary/aromatic N) is 1. The van der Waals surface area contributed by atoms with E-state index < -0.39 is 0 Å². The molecule has 0 saturated heterocycles. The van der Waals surface area contributed by atoms with Gasteiger partial charge in [0, 0.05) is 22.2 Å². The Labute approximate surface area is 224 Å². The van der Waals surface area contributed by atoms with Gasteiger partial charge < -0.3 is 9.84 Å². The summed E-state index contributed by atoms with van der Waals surface area (Å²) in [6.45, 7) is 7.77. The number of allylic oxidation sites excluding steroid dienone is 1. The van der Waals surface area contributed by atoms with E-state index in [1.165, 1.54) is 48.9 Å². The molecule has 6 rings (SSSR count). The minimum atomic E-state index is -0.131. The van der Waals surface area contributed by atoms with Crippen LogP contribution >= 0.6 is 15.9 Å². The number of aliphatic hydroxyl groups is 1. The van der Waals surface area contributed by atoms with Crippen LogP contribution in [0.4, 0.5) is 0 Å². The van der Waals surface area contributed by atoms with Crippen LogP contribution in [0.15, 0.2) is 52.5 Å². The van der Waals surface area contributed by atoms with E-state index in [1.54, 1.807) is 5.57 Å². The maximum atomic E-state index is 10.3. The predicted molar refractivity (Wildman–Crippen MR) is 149 cm³/mol. The number of benzene rings is 1. The monoisotopic (exact) mass is 549 g/mol. The molecule has 4 aliphatic rings. The highest BCUT2D eigenvalue weighted by Crippen LogP contribution is 2.68. The van der Waals surface area contributed by atoms with Gasteiger partial charge in [0.1, 0.15) is 0 Å². The summed E-state index contributed by atoms with van der Waals surface area (Å²) in [4.78, 5) is 5.11. The molecule has 0 amide bonds. The van der Waals surface area contributed by atoms with Crippen molar-refractivity contribution >= 4 is 15.9 Å². The molecule has 3 fully saturated rings. The van der Waals surface area contributed by atoms with Gasteiger partial charge >= 0.3 is 0 Å². The molecule has 36 heavy (non-hydrogen) atoms. The molecule has 2 aromatic rings. The molecule has 0 unspecified atom stereocenters. The summed E-state index contributed by atoms with van der Waals surface area (Å²) >= 11 is 3.65. The van der Waals surface area contributed by atoms with E-state index in [9.17, 15) is 5.11 Å². The molecule has 0 spiro atoms. The summed E-state index contributed by atoms with van der Waals surface area (Å²) in [5.41, 5.74) is 5.76. The predicted octanol–water partition coefficient (Wildman–Crippen LogP) is 8.32. The van der Waals surface area contributed by atoms with Crippen molar-refractivity contribution in [3.05, 3.63) is 58.2 Å². The van der Waals surface area contributed by atoms with Gasteiger partial charge in [-0.2, -0.15) is 0 Å². The van der Waals surface area contributed by atoms with E-state index >= 15 is 0 Å². The van der Waals surface area contributed by atoms with Gasteiger partial charge in [-0.05, 0) is 116 Å². The SMILES string of the molecule is CCOc1cc(-c2cccc(Br)c2)cc([C@H]2CC[C@H]3[C@@H]4CC=C5C[C@@H](O)CC[C@]5(C)[C@H]4CC[C@]23C)n1. The van der Waals surface area contributed by atoms with Crippen molar-refractivity contribution in [1.29, 1.82) is 0 Å². The minimum Gasteiger partial charge on any atom is -0.478 e. The van der Waals surface area contributed by atoms with Crippen molar-refractivity contribution in [3.63, 3.8) is 0 Å². The van der Waals surface area contributed by atoms with Gasteiger partial charge in [-0.3, -0.25) is 0 Å². The molecule has 1 N–H and O–H groups in total. The smallest absolute Gasteiger partial charge is 0.214 e. The van der Waals surface area contributed by atoms with Crippen LogP contribution in [0.25, 0.3) is 11.1 Å². The average Bonchev–Trinajstić information content (AvgIpc) is 3.22. The second-order valence-electron chi connectivity index (χ2n) is 12.4. The van der Waals surface area contributed by atoms with Gasteiger partial charge in [0.15, 0.2) is 0 Å². The van der Waals surface area contributed by atoms with E-state index in [0.29, 0.717) is 17.9 Å². The summed E-state index contributed by atoms with van der Waals surface area (Å²) in [6, 6.07) is 13.0.